The zero-order valence-electron chi connectivity index (χ0n) is 7.63. The van der Waals surface area contributed by atoms with Crippen molar-refractivity contribution in [3.05, 3.63) is 35.6 Å². The van der Waals surface area contributed by atoms with Crippen LogP contribution < -0.4 is 10.8 Å². The Morgan fingerprint density at radius 3 is 2.54 bits per heavy atom. The van der Waals surface area contributed by atoms with Gasteiger partial charge in [-0.3, -0.25) is 0 Å². The van der Waals surface area contributed by atoms with Crippen molar-refractivity contribution in [3.8, 4) is 0 Å². The van der Waals surface area contributed by atoms with Crippen molar-refractivity contribution >= 4 is 6.09 Å². The van der Waals surface area contributed by atoms with Gasteiger partial charge in [0.15, 0.2) is 0 Å². The average molecular weight is 180 g/mol. The maximum atomic E-state index is 10.7. The molecule has 1 aliphatic rings. The molecule has 0 fully saturated rings. The van der Waals surface area contributed by atoms with Gasteiger partial charge in [-0.25, -0.2) is 10.3 Å². The van der Waals surface area contributed by atoms with Crippen LogP contribution in [0.4, 0.5) is 4.79 Å². The van der Waals surface area contributed by atoms with Gasteiger partial charge in [-0.2, -0.15) is 0 Å². The molecule has 70 valence electrons. The van der Waals surface area contributed by atoms with Crippen LogP contribution in [0.3, 0.4) is 0 Å². The molecule has 0 heterocycles. The number of hydroxylamine groups is 1. The van der Waals surface area contributed by atoms with Crippen molar-refractivity contribution < 1.29 is 9.63 Å². The molecule has 4 nitrogen and oxygen atoms in total. The van der Waals surface area contributed by atoms with Gasteiger partial charge in [0.05, 0.1) is 5.70 Å². The van der Waals surface area contributed by atoms with Gasteiger partial charge in [-0.15, -0.1) is 0 Å². The summed E-state index contributed by atoms with van der Waals surface area (Å²) in [5, 5.41) is 2.33. The highest BCUT2D eigenvalue weighted by Crippen LogP contribution is 2.10. The summed E-state index contributed by atoms with van der Waals surface area (Å²) in [4.78, 5) is 15.3. The molecule has 0 radical (unpaired) electrons. The minimum absolute atomic E-state index is 0.508. The third-order valence-corrected chi connectivity index (χ3v) is 1.60. The smallest absolute Gasteiger partial charge is 0.325 e. The van der Waals surface area contributed by atoms with Crippen molar-refractivity contribution in [2.75, 3.05) is 7.05 Å². The Morgan fingerprint density at radius 2 is 2.00 bits per heavy atom. The quantitative estimate of drug-likeness (QED) is 0.629. The first-order valence-corrected chi connectivity index (χ1v) is 3.94. The summed E-state index contributed by atoms with van der Waals surface area (Å²) < 4.78 is 0. The highest BCUT2D eigenvalue weighted by atomic mass is 16.7. The predicted octanol–water partition coefficient (Wildman–Crippen LogP) is 1.25. The molecule has 4 heteroatoms. The zero-order chi connectivity index (χ0) is 9.68. The maximum absolute atomic E-state index is 10.7. The van der Waals surface area contributed by atoms with Crippen molar-refractivity contribution in [2.45, 2.75) is 6.92 Å². The van der Waals surface area contributed by atoms with E-state index in [9.17, 15) is 4.79 Å². The van der Waals surface area contributed by atoms with E-state index in [-0.39, 0.29) is 0 Å². The number of amides is 1. The van der Waals surface area contributed by atoms with Gasteiger partial charge in [-0.05, 0) is 12.5 Å². The fourth-order valence-electron chi connectivity index (χ4n) is 0.857. The number of carbonyl (C=O) groups excluding carboxylic acids is 1. The summed E-state index contributed by atoms with van der Waals surface area (Å²) >= 11 is 0. The standard InChI is InChI=1S/C9H12N2O2/c1-7(8-5-3-4-6-8)11-13-9(12)10-2/h3-6,11H,1-2H3,(H,10,12). The summed E-state index contributed by atoms with van der Waals surface area (Å²) in [6.07, 6.45) is 7.18. The molecule has 1 rings (SSSR count). The third kappa shape index (κ3) is 2.66. The van der Waals surface area contributed by atoms with Gasteiger partial charge in [0.2, 0.25) is 0 Å². The molecule has 0 saturated heterocycles. The molecule has 1 aliphatic carbocycles. The molecule has 0 aromatic carbocycles. The van der Waals surface area contributed by atoms with Crippen LogP contribution >= 0.6 is 0 Å². The summed E-state index contributed by atoms with van der Waals surface area (Å²) in [5.41, 5.74) is 4.34. The molecule has 1 amide bonds. The van der Waals surface area contributed by atoms with Crippen LogP contribution in [0.25, 0.3) is 0 Å². The van der Waals surface area contributed by atoms with Crippen molar-refractivity contribution in [3.63, 3.8) is 0 Å². The number of nitrogens with one attached hydrogen (secondary N) is 2. The van der Waals surface area contributed by atoms with Gasteiger partial charge in [0.25, 0.3) is 0 Å². The van der Waals surface area contributed by atoms with E-state index in [0.717, 1.165) is 11.3 Å². The Kier molecular flexibility index (Phi) is 3.14. The van der Waals surface area contributed by atoms with Gasteiger partial charge in [0.1, 0.15) is 0 Å². The van der Waals surface area contributed by atoms with Crippen LogP contribution in [0.15, 0.2) is 35.6 Å². The molecule has 0 saturated carbocycles. The van der Waals surface area contributed by atoms with Crippen molar-refractivity contribution in [1.29, 1.82) is 0 Å². The first kappa shape index (κ1) is 9.38. The van der Waals surface area contributed by atoms with Crippen LogP contribution in [0.2, 0.25) is 0 Å². The minimum Gasteiger partial charge on any atom is -0.325 e. The van der Waals surface area contributed by atoms with Crippen LogP contribution in [0, 0.1) is 0 Å². The molecule has 0 aromatic heterocycles. The summed E-state index contributed by atoms with van der Waals surface area (Å²) in [6, 6.07) is 0. The lowest BCUT2D eigenvalue weighted by molar-refractivity contribution is 0.107. The molecule has 0 atom stereocenters. The lowest BCUT2D eigenvalue weighted by Gasteiger charge is -2.07. The summed E-state index contributed by atoms with van der Waals surface area (Å²) in [7, 11) is 1.50. The largest absolute Gasteiger partial charge is 0.431 e. The van der Waals surface area contributed by atoms with Crippen LogP contribution in [-0.4, -0.2) is 13.1 Å². The molecule has 0 bridgehead atoms. The molecule has 13 heavy (non-hydrogen) atoms. The fourth-order valence-corrected chi connectivity index (χ4v) is 0.857. The maximum Gasteiger partial charge on any atom is 0.431 e. The zero-order valence-corrected chi connectivity index (χ0v) is 7.63. The van der Waals surface area contributed by atoms with Crippen LogP contribution in [0.1, 0.15) is 6.92 Å². The van der Waals surface area contributed by atoms with Gasteiger partial charge in [-0.1, -0.05) is 24.3 Å². The second kappa shape index (κ2) is 4.35. The van der Waals surface area contributed by atoms with Crippen molar-refractivity contribution in [1.82, 2.24) is 10.8 Å². The summed E-state index contributed by atoms with van der Waals surface area (Å²) in [5.74, 6) is 0. The average Bonchev–Trinajstić information content (AvgIpc) is 2.66. The Balaban J connectivity index is 2.45. The number of carbonyl (C=O) groups is 1. The van der Waals surface area contributed by atoms with E-state index in [1.165, 1.54) is 7.05 Å². The second-order valence-electron chi connectivity index (χ2n) is 2.54. The predicted molar refractivity (Wildman–Crippen MR) is 49.7 cm³/mol. The van der Waals surface area contributed by atoms with E-state index in [1.54, 1.807) is 0 Å². The lowest BCUT2D eigenvalue weighted by atomic mass is 10.2. The fraction of sp³-hybridized carbons (Fsp3) is 0.222. The van der Waals surface area contributed by atoms with Gasteiger partial charge < -0.3 is 10.2 Å². The third-order valence-electron chi connectivity index (χ3n) is 1.60. The van der Waals surface area contributed by atoms with Gasteiger partial charge >= 0.3 is 6.09 Å². The van der Waals surface area contributed by atoms with E-state index < -0.39 is 6.09 Å². The minimum atomic E-state index is -0.508. The number of allylic oxidation sites excluding steroid dienone is 6. The normalized spacial score (nSPS) is 12.9. The highest BCUT2D eigenvalue weighted by molar-refractivity contribution is 5.66. The van der Waals surface area contributed by atoms with E-state index in [1.807, 2.05) is 31.2 Å². The van der Waals surface area contributed by atoms with E-state index >= 15 is 0 Å². The molecule has 0 spiro atoms. The Hall–Kier alpha value is -1.71. The Bertz CT molecular complexity index is 276. The monoisotopic (exact) mass is 180 g/mol. The summed E-state index contributed by atoms with van der Waals surface area (Å²) in [6.45, 7) is 1.83. The molecule has 2 N–H and O–H groups in total. The van der Waals surface area contributed by atoms with Gasteiger partial charge in [0, 0.05) is 7.05 Å². The van der Waals surface area contributed by atoms with Crippen LogP contribution in [-0.2, 0) is 4.84 Å². The molecular formula is C9H12N2O2. The van der Waals surface area contributed by atoms with Crippen molar-refractivity contribution in [2.24, 2.45) is 0 Å². The Morgan fingerprint density at radius 1 is 1.38 bits per heavy atom. The van der Waals surface area contributed by atoms with Crippen LogP contribution in [0.5, 0.6) is 0 Å². The SMILES string of the molecule is CNC(=O)ONC(C)=C1C=CC=C1. The molecular weight excluding hydrogens is 168 g/mol. The lowest BCUT2D eigenvalue weighted by Crippen LogP contribution is -2.26. The molecule has 0 aliphatic heterocycles. The van der Waals surface area contributed by atoms with E-state index in [4.69, 9.17) is 0 Å². The van der Waals surface area contributed by atoms with E-state index in [0.29, 0.717) is 0 Å². The molecule has 0 aromatic rings. The highest BCUT2D eigenvalue weighted by Gasteiger charge is 2.01. The van der Waals surface area contributed by atoms with E-state index in [2.05, 4.69) is 15.6 Å². The molecule has 0 unspecified atom stereocenters. The number of hydrogen-bond donors (Lipinski definition) is 2. The first-order valence-electron chi connectivity index (χ1n) is 3.94. The first-order chi connectivity index (χ1) is 6.24. The second-order valence-corrected chi connectivity index (χ2v) is 2.54. The Labute approximate surface area is 76.9 Å². The number of rotatable bonds is 2. The topological polar surface area (TPSA) is 50.4 Å². The number of hydrogen-bond acceptors (Lipinski definition) is 3.